The van der Waals surface area contributed by atoms with Crippen LogP contribution in [0.1, 0.15) is 26.2 Å². The van der Waals surface area contributed by atoms with Crippen LogP contribution in [0.15, 0.2) is 36.4 Å². The quantitative estimate of drug-likeness (QED) is 0.510. The minimum Gasteiger partial charge on any atom is -0.497 e. The fourth-order valence-corrected chi connectivity index (χ4v) is 1.85. The van der Waals surface area contributed by atoms with E-state index in [2.05, 4.69) is 5.32 Å². The van der Waals surface area contributed by atoms with E-state index < -0.39 is 12.0 Å². The monoisotopic (exact) mass is 321 g/mol. The molecule has 23 heavy (non-hydrogen) atoms. The molecule has 0 aromatic heterocycles. The van der Waals surface area contributed by atoms with Crippen LogP contribution >= 0.6 is 0 Å². The maximum Gasteiger partial charge on any atom is 0.326 e. The van der Waals surface area contributed by atoms with Gasteiger partial charge in [-0.1, -0.05) is 12.2 Å². The lowest BCUT2D eigenvalue weighted by molar-refractivity contribution is -0.141. The highest BCUT2D eigenvalue weighted by Gasteiger charge is 2.17. The third-order valence-electron chi connectivity index (χ3n) is 3.12. The number of ether oxygens (including phenoxy) is 2. The molecule has 0 saturated heterocycles. The van der Waals surface area contributed by atoms with Crippen LogP contribution in [-0.4, -0.2) is 36.7 Å². The minimum atomic E-state index is -1.04. The number of carbonyl (C=O) groups is 2. The lowest BCUT2D eigenvalue weighted by Crippen LogP contribution is -2.40. The van der Waals surface area contributed by atoms with Gasteiger partial charge in [0.1, 0.15) is 17.5 Å². The first-order valence-electron chi connectivity index (χ1n) is 7.47. The number of aliphatic carboxylic acids is 1. The molecular formula is C17H23NO5. The molecule has 6 heteroatoms. The third kappa shape index (κ3) is 7.35. The molecule has 0 aliphatic carbocycles. The van der Waals surface area contributed by atoms with Crippen molar-refractivity contribution in [1.82, 2.24) is 5.32 Å². The maximum absolute atomic E-state index is 11.7. The van der Waals surface area contributed by atoms with Gasteiger partial charge in [0.25, 0.3) is 0 Å². The van der Waals surface area contributed by atoms with Crippen LogP contribution in [-0.2, 0) is 9.59 Å². The second-order valence-electron chi connectivity index (χ2n) is 4.89. The first kappa shape index (κ1) is 18.5. The molecule has 0 saturated carbocycles. The molecule has 0 spiro atoms. The molecule has 126 valence electrons. The molecule has 1 aromatic carbocycles. The van der Waals surface area contributed by atoms with Gasteiger partial charge in [0.15, 0.2) is 0 Å². The molecule has 1 unspecified atom stereocenters. The number of benzene rings is 1. The Hall–Kier alpha value is -2.50. The largest absolute Gasteiger partial charge is 0.497 e. The number of carboxylic acid groups (broad SMARTS) is 1. The van der Waals surface area contributed by atoms with Crippen molar-refractivity contribution in [3.63, 3.8) is 0 Å². The molecule has 1 aromatic rings. The van der Waals surface area contributed by atoms with Crippen LogP contribution in [0.4, 0.5) is 0 Å². The van der Waals surface area contributed by atoms with E-state index in [-0.39, 0.29) is 18.7 Å². The summed E-state index contributed by atoms with van der Waals surface area (Å²) in [5.74, 6) is 0.117. The summed E-state index contributed by atoms with van der Waals surface area (Å²) in [4.78, 5) is 22.8. The molecule has 0 fully saturated rings. The average Bonchev–Trinajstić information content (AvgIpc) is 2.55. The number of amides is 1. The minimum absolute atomic E-state index is 0.218. The SMILES string of the molecule is C/C=C/CC(NC(=O)CCCOc1ccc(OC)cc1)C(=O)O. The highest BCUT2D eigenvalue weighted by atomic mass is 16.5. The molecule has 0 heterocycles. The highest BCUT2D eigenvalue weighted by Crippen LogP contribution is 2.17. The summed E-state index contributed by atoms with van der Waals surface area (Å²) in [7, 11) is 1.59. The van der Waals surface area contributed by atoms with E-state index >= 15 is 0 Å². The molecular weight excluding hydrogens is 298 g/mol. The molecule has 0 aliphatic rings. The van der Waals surface area contributed by atoms with Gasteiger partial charge in [-0.05, 0) is 44.0 Å². The summed E-state index contributed by atoms with van der Waals surface area (Å²) >= 11 is 0. The summed E-state index contributed by atoms with van der Waals surface area (Å²) in [5, 5.41) is 11.5. The Morgan fingerprint density at radius 2 is 1.91 bits per heavy atom. The highest BCUT2D eigenvalue weighted by molar-refractivity contribution is 5.83. The van der Waals surface area contributed by atoms with Gasteiger partial charge in [-0.15, -0.1) is 0 Å². The number of carbonyl (C=O) groups excluding carboxylic acids is 1. The van der Waals surface area contributed by atoms with Crippen molar-refractivity contribution >= 4 is 11.9 Å². The van der Waals surface area contributed by atoms with E-state index in [1.165, 1.54) is 0 Å². The third-order valence-corrected chi connectivity index (χ3v) is 3.12. The van der Waals surface area contributed by atoms with E-state index in [1.807, 2.05) is 0 Å². The zero-order valence-corrected chi connectivity index (χ0v) is 13.5. The summed E-state index contributed by atoms with van der Waals surface area (Å²) in [5.41, 5.74) is 0. The molecule has 6 nitrogen and oxygen atoms in total. The lowest BCUT2D eigenvalue weighted by Gasteiger charge is -2.12. The van der Waals surface area contributed by atoms with Gasteiger partial charge in [0.05, 0.1) is 13.7 Å². The fraction of sp³-hybridized carbons (Fsp3) is 0.412. The number of rotatable bonds is 10. The lowest BCUT2D eigenvalue weighted by atomic mass is 10.2. The van der Waals surface area contributed by atoms with Gasteiger partial charge < -0.3 is 19.9 Å². The Bertz CT molecular complexity index is 524. The fourth-order valence-electron chi connectivity index (χ4n) is 1.85. The van der Waals surface area contributed by atoms with Crippen molar-refractivity contribution in [3.8, 4) is 11.5 Å². The Labute approximate surface area is 136 Å². The number of allylic oxidation sites excluding steroid dienone is 1. The van der Waals surface area contributed by atoms with E-state index in [9.17, 15) is 9.59 Å². The molecule has 0 radical (unpaired) electrons. The van der Waals surface area contributed by atoms with Gasteiger partial charge in [-0.25, -0.2) is 4.79 Å². The van der Waals surface area contributed by atoms with Crippen molar-refractivity contribution in [3.05, 3.63) is 36.4 Å². The zero-order valence-electron chi connectivity index (χ0n) is 13.5. The van der Waals surface area contributed by atoms with Crippen LogP contribution in [0.3, 0.4) is 0 Å². The van der Waals surface area contributed by atoms with E-state index in [4.69, 9.17) is 14.6 Å². The van der Waals surface area contributed by atoms with E-state index in [1.54, 1.807) is 50.5 Å². The van der Waals surface area contributed by atoms with Crippen molar-refractivity contribution < 1.29 is 24.2 Å². The molecule has 0 bridgehead atoms. The van der Waals surface area contributed by atoms with Crippen molar-refractivity contribution in [2.45, 2.75) is 32.2 Å². The standard InChI is InChI=1S/C17H23NO5/c1-3-4-6-15(17(20)21)18-16(19)7-5-12-23-14-10-8-13(22-2)9-11-14/h3-4,8-11,15H,5-7,12H2,1-2H3,(H,18,19)(H,20,21)/b4-3+. The topological polar surface area (TPSA) is 84.9 Å². The van der Waals surface area contributed by atoms with E-state index in [0.29, 0.717) is 18.8 Å². The summed E-state index contributed by atoms with van der Waals surface area (Å²) in [6.07, 6.45) is 4.47. The maximum atomic E-state index is 11.7. The molecule has 1 rings (SSSR count). The average molecular weight is 321 g/mol. The second-order valence-corrected chi connectivity index (χ2v) is 4.89. The molecule has 2 N–H and O–H groups in total. The Balaban J connectivity index is 2.28. The summed E-state index contributed by atoms with van der Waals surface area (Å²) < 4.78 is 10.6. The van der Waals surface area contributed by atoms with Crippen molar-refractivity contribution in [2.75, 3.05) is 13.7 Å². The van der Waals surface area contributed by atoms with Crippen LogP contribution in [0.5, 0.6) is 11.5 Å². The first-order valence-corrected chi connectivity index (χ1v) is 7.47. The van der Waals surface area contributed by atoms with Gasteiger partial charge in [-0.3, -0.25) is 4.79 Å². The van der Waals surface area contributed by atoms with Crippen LogP contribution in [0.25, 0.3) is 0 Å². The van der Waals surface area contributed by atoms with E-state index in [0.717, 1.165) is 5.75 Å². The van der Waals surface area contributed by atoms with Crippen LogP contribution in [0.2, 0.25) is 0 Å². The number of hydrogen-bond acceptors (Lipinski definition) is 4. The number of nitrogens with one attached hydrogen (secondary N) is 1. The first-order chi connectivity index (χ1) is 11.1. The number of hydrogen-bond donors (Lipinski definition) is 2. The second kappa shape index (κ2) is 10.3. The number of methoxy groups -OCH3 is 1. The molecule has 1 atom stereocenters. The van der Waals surface area contributed by atoms with Gasteiger partial charge in [0.2, 0.25) is 5.91 Å². The van der Waals surface area contributed by atoms with Crippen molar-refractivity contribution in [1.29, 1.82) is 0 Å². The van der Waals surface area contributed by atoms with Gasteiger partial charge in [-0.2, -0.15) is 0 Å². The summed E-state index contributed by atoms with van der Waals surface area (Å²) in [6, 6.07) is 6.27. The summed E-state index contributed by atoms with van der Waals surface area (Å²) in [6.45, 7) is 2.18. The smallest absolute Gasteiger partial charge is 0.326 e. The predicted octanol–water partition coefficient (Wildman–Crippen LogP) is 2.39. The number of carboxylic acids is 1. The Kier molecular flexibility index (Phi) is 8.28. The molecule has 1 amide bonds. The normalized spacial score (nSPS) is 11.9. The van der Waals surface area contributed by atoms with Gasteiger partial charge >= 0.3 is 5.97 Å². The Morgan fingerprint density at radius 1 is 1.26 bits per heavy atom. The molecule has 0 aliphatic heterocycles. The van der Waals surface area contributed by atoms with Crippen LogP contribution < -0.4 is 14.8 Å². The predicted molar refractivity (Wildman–Crippen MR) is 86.7 cm³/mol. The van der Waals surface area contributed by atoms with Crippen LogP contribution in [0, 0.1) is 0 Å². The Morgan fingerprint density at radius 3 is 2.48 bits per heavy atom. The van der Waals surface area contributed by atoms with Crippen molar-refractivity contribution in [2.24, 2.45) is 0 Å². The zero-order chi connectivity index (χ0) is 17.1. The van der Waals surface area contributed by atoms with Gasteiger partial charge in [0, 0.05) is 6.42 Å².